The van der Waals surface area contributed by atoms with E-state index in [-0.39, 0.29) is 7.43 Å². The van der Waals surface area contributed by atoms with Gasteiger partial charge in [0.15, 0.2) is 0 Å². The Kier molecular flexibility index (Phi) is 73.0. The van der Waals surface area contributed by atoms with Gasteiger partial charge in [-0.25, -0.2) is 0 Å². The predicted molar refractivity (Wildman–Crippen MR) is 62.1 cm³/mol. The smallest absolute Gasteiger partial charge is 0.0462 e. The van der Waals surface area contributed by atoms with Gasteiger partial charge in [-0.2, -0.15) is 0 Å². The molecular weight excluding hydrogens is 164 g/mol. The average molecular weight is 192 g/mol. The third-order valence-electron chi connectivity index (χ3n) is 0.991. The molecule has 0 spiro atoms. The molecule has 2 nitrogen and oxygen atoms in total. The number of unbranched alkanes of at least 4 members (excludes halogenated alkanes) is 1. The summed E-state index contributed by atoms with van der Waals surface area (Å²) in [5, 5.41) is 7.00. The summed E-state index contributed by atoms with van der Waals surface area (Å²) in [6.07, 6.45) is 5.38. The van der Waals surface area contributed by atoms with Crippen LogP contribution < -0.4 is 0 Å². The maximum absolute atomic E-state index is 7.00. The normalized spacial score (nSPS) is 6.54. The molecule has 0 rings (SSSR count). The summed E-state index contributed by atoms with van der Waals surface area (Å²) in [5.41, 5.74) is 0. The number of aliphatic hydroxyl groups is 1. The highest BCUT2D eigenvalue weighted by Crippen LogP contribution is 1.83. The topological polar surface area (TPSA) is 29.5 Å². The van der Waals surface area contributed by atoms with Crippen LogP contribution in [0.5, 0.6) is 0 Å². The first-order chi connectivity index (χ1) is 5.83. The lowest BCUT2D eigenvalue weighted by atomic mass is 10.4. The number of methoxy groups -OCH3 is 1. The van der Waals surface area contributed by atoms with Crippen LogP contribution in [0.1, 0.15) is 40.5 Å². The maximum Gasteiger partial charge on any atom is 0.0462 e. The third kappa shape index (κ3) is 81.2. The Labute approximate surface area is 84.6 Å². The van der Waals surface area contributed by atoms with E-state index in [1.54, 1.807) is 7.11 Å². The molecule has 0 radical (unpaired) electrons. The molecule has 0 aromatic rings. The SMILES string of the molecule is C.C=CCC.CCCCOC.CO. The van der Waals surface area contributed by atoms with Crippen molar-refractivity contribution in [2.75, 3.05) is 20.8 Å². The van der Waals surface area contributed by atoms with E-state index >= 15 is 0 Å². The van der Waals surface area contributed by atoms with Crippen molar-refractivity contribution >= 4 is 0 Å². The summed E-state index contributed by atoms with van der Waals surface area (Å²) in [4.78, 5) is 0. The molecule has 0 bridgehead atoms. The number of rotatable bonds is 4. The van der Waals surface area contributed by atoms with Gasteiger partial charge >= 0.3 is 0 Å². The summed E-state index contributed by atoms with van der Waals surface area (Å²) in [5.74, 6) is 0. The molecule has 0 saturated heterocycles. The van der Waals surface area contributed by atoms with Gasteiger partial charge in [0.05, 0.1) is 0 Å². The minimum absolute atomic E-state index is 0. The van der Waals surface area contributed by atoms with Crippen LogP contribution in [0.25, 0.3) is 0 Å². The molecule has 0 unspecified atom stereocenters. The zero-order chi connectivity index (χ0) is 10.2. The molecule has 0 aromatic heterocycles. The number of ether oxygens (including phenoxy) is 1. The standard InChI is InChI=1S/C5H12O.C4H8.CH4O.CH4/c1-3-4-5-6-2;1-3-4-2;1-2;/h3-5H2,1-2H3;3H,1,4H2,2H3;2H,1H3;1H4. The van der Waals surface area contributed by atoms with E-state index in [1.165, 1.54) is 12.8 Å². The van der Waals surface area contributed by atoms with Crippen LogP contribution in [0.2, 0.25) is 0 Å². The number of hydrogen-bond acceptors (Lipinski definition) is 2. The minimum Gasteiger partial charge on any atom is -0.400 e. The molecule has 0 aliphatic rings. The maximum atomic E-state index is 7.00. The van der Waals surface area contributed by atoms with Crippen molar-refractivity contribution < 1.29 is 9.84 Å². The Hall–Kier alpha value is -0.340. The molecular formula is C11H28O2. The Morgan fingerprint density at radius 1 is 1.31 bits per heavy atom. The van der Waals surface area contributed by atoms with Crippen LogP contribution in [0.15, 0.2) is 12.7 Å². The van der Waals surface area contributed by atoms with Crippen LogP contribution in [0, 0.1) is 0 Å². The van der Waals surface area contributed by atoms with Crippen LogP contribution in [-0.4, -0.2) is 25.9 Å². The van der Waals surface area contributed by atoms with Gasteiger partial charge < -0.3 is 9.84 Å². The zero-order valence-electron chi connectivity index (χ0n) is 8.97. The van der Waals surface area contributed by atoms with Crippen molar-refractivity contribution in [2.24, 2.45) is 0 Å². The van der Waals surface area contributed by atoms with Gasteiger partial charge in [-0.05, 0) is 12.8 Å². The highest BCUT2D eigenvalue weighted by atomic mass is 16.5. The van der Waals surface area contributed by atoms with Crippen LogP contribution in [-0.2, 0) is 4.74 Å². The predicted octanol–water partition coefficient (Wildman–Crippen LogP) is 3.26. The van der Waals surface area contributed by atoms with Crippen molar-refractivity contribution in [3.8, 4) is 0 Å². The third-order valence-corrected chi connectivity index (χ3v) is 0.991. The second kappa shape index (κ2) is 41.4. The summed E-state index contributed by atoms with van der Waals surface area (Å²) in [6, 6.07) is 0. The summed E-state index contributed by atoms with van der Waals surface area (Å²) < 4.78 is 4.78. The van der Waals surface area contributed by atoms with Gasteiger partial charge in [-0.3, -0.25) is 0 Å². The van der Waals surface area contributed by atoms with E-state index in [9.17, 15) is 0 Å². The molecule has 13 heavy (non-hydrogen) atoms. The molecule has 0 aliphatic heterocycles. The second-order valence-corrected chi connectivity index (χ2v) is 2.04. The largest absolute Gasteiger partial charge is 0.400 e. The molecule has 0 aromatic carbocycles. The fourth-order valence-electron chi connectivity index (χ4n) is 0.289. The van der Waals surface area contributed by atoms with E-state index in [2.05, 4.69) is 20.4 Å². The molecule has 84 valence electrons. The fraction of sp³-hybridized carbons (Fsp3) is 0.818. The van der Waals surface area contributed by atoms with Gasteiger partial charge in [0, 0.05) is 20.8 Å². The van der Waals surface area contributed by atoms with Crippen molar-refractivity contribution in [1.82, 2.24) is 0 Å². The van der Waals surface area contributed by atoms with Gasteiger partial charge in [0.2, 0.25) is 0 Å². The molecule has 0 amide bonds. The van der Waals surface area contributed by atoms with Crippen LogP contribution in [0.3, 0.4) is 0 Å². The highest BCUT2D eigenvalue weighted by Gasteiger charge is 1.74. The Morgan fingerprint density at radius 3 is 1.77 bits per heavy atom. The Balaban J connectivity index is -0.0000000512. The molecule has 1 N–H and O–H groups in total. The van der Waals surface area contributed by atoms with Crippen molar-refractivity contribution in [2.45, 2.75) is 40.5 Å². The van der Waals surface area contributed by atoms with E-state index in [0.29, 0.717) is 0 Å². The van der Waals surface area contributed by atoms with Crippen LogP contribution in [0.4, 0.5) is 0 Å². The molecule has 0 fully saturated rings. The summed E-state index contributed by atoms with van der Waals surface area (Å²) in [7, 11) is 2.73. The molecule has 0 saturated carbocycles. The van der Waals surface area contributed by atoms with Gasteiger partial charge in [-0.1, -0.05) is 33.8 Å². The first kappa shape index (κ1) is 23.0. The fourth-order valence-corrected chi connectivity index (χ4v) is 0.289. The van der Waals surface area contributed by atoms with Crippen LogP contribution >= 0.6 is 0 Å². The van der Waals surface area contributed by atoms with E-state index < -0.39 is 0 Å². The van der Waals surface area contributed by atoms with E-state index in [4.69, 9.17) is 9.84 Å². The van der Waals surface area contributed by atoms with E-state index in [0.717, 1.165) is 20.1 Å². The lowest BCUT2D eigenvalue weighted by molar-refractivity contribution is 0.194. The number of aliphatic hydroxyl groups excluding tert-OH is 1. The highest BCUT2D eigenvalue weighted by molar-refractivity contribution is 4.60. The Bertz CT molecular complexity index is 50.1. The second-order valence-electron chi connectivity index (χ2n) is 2.04. The molecule has 0 heterocycles. The molecule has 0 atom stereocenters. The zero-order valence-corrected chi connectivity index (χ0v) is 8.97. The lowest BCUT2D eigenvalue weighted by Crippen LogP contribution is -1.84. The first-order valence-corrected chi connectivity index (χ1v) is 4.37. The molecule has 0 aliphatic carbocycles. The van der Waals surface area contributed by atoms with Gasteiger partial charge in [0.25, 0.3) is 0 Å². The number of hydrogen-bond donors (Lipinski definition) is 1. The first-order valence-electron chi connectivity index (χ1n) is 4.37. The van der Waals surface area contributed by atoms with Crippen molar-refractivity contribution in [3.63, 3.8) is 0 Å². The average Bonchev–Trinajstić information content (AvgIpc) is 2.18. The summed E-state index contributed by atoms with van der Waals surface area (Å²) >= 11 is 0. The van der Waals surface area contributed by atoms with Gasteiger partial charge in [-0.15, -0.1) is 6.58 Å². The molecule has 2 heteroatoms. The quantitative estimate of drug-likeness (QED) is 0.547. The van der Waals surface area contributed by atoms with Gasteiger partial charge in [0.1, 0.15) is 0 Å². The van der Waals surface area contributed by atoms with E-state index in [1.807, 2.05) is 6.08 Å². The number of allylic oxidation sites excluding steroid dienone is 1. The summed E-state index contributed by atoms with van der Waals surface area (Å²) in [6.45, 7) is 8.61. The minimum atomic E-state index is 0. The lowest BCUT2D eigenvalue weighted by Gasteiger charge is -1.89. The monoisotopic (exact) mass is 192 g/mol. The Morgan fingerprint density at radius 2 is 1.69 bits per heavy atom. The van der Waals surface area contributed by atoms with Crippen molar-refractivity contribution in [3.05, 3.63) is 12.7 Å². The van der Waals surface area contributed by atoms with Crippen molar-refractivity contribution in [1.29, 1.82) is 0 Å².